The lowest BCUT2D eigenvalue weighted by atomic mass is 10.3. The van der Waals surface area contributed by atoms with Gasteiger partial charge in [-0.25, -0.2) is 4.98 Å². The molecule has 0 aliphatic heterocycles. The van der Waals surface area contributed by atoms with Gasteiger partial charge in [0.15, 0.2) is 4.96 Å². The molecule has 130 valence electrons. The second-order valence-electron chi connectivity index (χ2n) is 5.59. The first-order chi connectivity index (χ1) is 12.0. The molecule has 25 heavy (non-hydrogen) atoms. The molecule has 7 nitrogen and oxygen atoms in total. The lowest BCUT2D eigenvalue weighted by molar-refractivity contribution is -0.117. The van der Waals surface area contributed by atoms with Gasteiger partial charge < -0.3 is 10.1 Å². The molecule has 3 rings (SSSR count). The van der Waals surface area contributed by atoms with Crippen LogP contribution in [0.5, 0.6) is 5.75 Å². The van der Waals surface area contributed by atoms with Gasteiger partial charge in [-0.15, -0.1) is 11.3 Å². The number of benzene rings is 1. The molecular weight excluding hydrogens is 340 g/mol. The van der Waals surface area contributed by atoms with Crippen molar-refractivity contribution < 1.29 is 9.53 Å². The van der Waals surface area contributed by atoms with Gasteiger partial charge in [0.2, 0.25) is 5.91 Å². The Kier molecular flexibility index (Phi) is 5.11. The molecule has 1 aromatic carbocycles. The Hall–Kier alpha value is -2.71. The summed E-state index contributed by atoms with van der Waals surface area (Å²) in [5.74, 6) is 0.595. The maximum absolute atomic E-state index is 12.1. The highest BCUT2D eigenvalue weighted by molar-refractivity contribution is 7.15. The van der Waals surface area contributed by atoms with Crippen LogP contribution in [-0.4, -0.2) is 40.9 Å². The van der Waals surface area contributed by atoms with Crippen molar-refractivity contribution >= 4 is 27.9 Å². The third-order valence-corrected chi connectivity index (χ3v) is 4.33. The zero-order chi connectivity index (χ0) is 17.8. The third kappa shape index (κ3) is 4.23. The number of hydrogen-bond donors (Lipinski definition) is 1. The van der Waals surface area contributed by atoms with Crippen molar-refractivity contribution in [3.8, 4) is 5.75 Å². The van der Waals surface area contributed by atoms with Crippen LogP contribution < -0.4 is 15.6 Å². The molecule has 0 aliphatic rings. The number of fused-ring (bicyclic) bond motifs is 1. The van der Waals surface area contributed by atoms with Crippen molar-refractivity contribution in [2.75, 3.05) is 26.0 Å². The Morgan fingerprint density at radius 1 is 1.36 bits per heavy atom. The van der Waals surface area contributed by atoms with E-state index in [1.807, 2.05) is 17.3 Å². The van der Waals surface area contributed by atoms with Crippen LogP contribution in [0.3, 0.4) is 0 Å². The van der Waals surface area contributed by atoms with E-state index < -0.39 is 0 Å². The number of amides is 1. The molecule has 3 aromatic rings. The third-order valence-electron chi connectivity index (χ3n) is 3.58. The van der Waals surface area contributed by atoms with Crippen molar-refractivity contribution in [3.05, 3.63) is 58.0 Å². The van der Waals surface area contributed by atoms with Crippen molar-refractivity contribution in [1.29, 1.82) is 0 Å². The van der Waals surface area contributed by atoms with Crippen LogP contribution in [0, 0.1) is 0 Å². The van der Waals surface area contributed by atoms with Gasteiger partial charge in [-0.1, -0.05) is 0 Å². The maximum atomic E-state index is 12.1. The minimum atomic E-state index is -0.137. The Bertz CT molecular complexity index is 933. The number of rotatable bonds is 6. The molecule has 0 atom stereocenters. The zero-order valence-corrected chi connectivity index (χ0v) is 14.7. The number of nitrogens with one attached hydrogen (secondary N) is 1. The molecule has 1 amide bonds. The van der Waals surface area contributed by atoms with Gasteiger partial charge in [0.25, 0.3) is 5.56 Å². The second kappa shape index (κ2) is 7.45. The first-order valence-electron chi connectivity index (χ1n) is 7.63. The van der Waals surface area contributed by atoms with Crippen LogP contribution in [0.15, 0.2) is 46.7 Å². The Morgan fingerprint density at radius 3 is 2.84 bits per heavy atom. The molecule has 0 saturated heterocycles. The molecule has 0 bridgehead atoms. The summed E-state index contributed by atoms with van der Waals surface area (Å²) in [5.41, 5.74) is 1.24. The second-order valence-corrected chi connectivity index (χ2v) is 6.46. The first-order valence-corrected chi connectivity index (χ1v) is 8.51. The van der Waals surface area contributed by atoms with E-state index in [4.69, 9.17) is 4.74 Å². The number of carbonyl (C=O) groups is 1. The molecule has 0 saturated carbocycles. The van der Waals surface area contributed by atoms with Gasteiger partial charge in [0.1, 0.15) is 5.75 Å². The van der Waals surface area contributed by atoms with Gasteiger partial charge in [-0.05, 0) is 31.3 Å². The number of carbonyl (C=O) groups excluding carboxylic acids is 1. The average molecular weight is 358 g/mol. The van der Waals surface area contributed by atoms with Crippen LogP contribution in [0.4, 0.5) is 5.69 Å². The fourth-order valence-electron chi connectivity index (χ4n) is 2.42. The lowest BCUT2D eigenvalue weighted by Crippen LogP contribution is -2.30. The van der Waals surface area contributed by atoms with E-state index in [0.29, 0.717) is 22.9 Å². The number of methoxy groups -OCH3 is 1. The van der Waals surface area contributed by atoms with Crippen LogP contribution in [-0.2, 0) is 11.3 Å². The van der Waals surface area contributed by atoms with Crippen molar-refractivity contribution in [1.82, 2.24) is 14.3 Å². The van der Waals surface area contributed by atoms with Crippen LogP contribution in [0.1, 0.15) is 5.69 Å². The summed E-state index contributed by atoms with van der Waals surface area (Å²) >= 11 is 1.41. The van der Waals surface area contributed by atoms with E-state index >= 15 is 0 Å². The van der Waals surface area contributed by atoms with E-state index in [1.54, 1.807) is 37.6 Å². The molecule has 8 heteroatoms. The number of thiazole rings is 1. The molecule has 2 aromatic heterocycles. The van der Waals surface area contributed by atoms with Crippen LogP contribution in [0.2, 0.25) is 0 Å². The summed E-state index contributed by atoms with van der Waals surface area (Å²) < 4.78 is 6.59. The fourth-order valence-corrected chi connectivity index (χ4v) is 3.16. The topological polar surface area (TPSA) is 75.9 Å². The van der Waals surface area contributed by atoms with Gasteiger partial charge in [-0.2, -0.15) is 0 Å². The van der Waals surface area contributed by atoms with Crippen LogP contribution in [0.25, 0.3) is 4.96 Å². The predicted molar refractivity (Wildman–Crippen MR) is 97.3 cm³/mol. The van der Waals surface area contributed by atoms with Gasteiger partial charge in [0.05, 0.1) is 19.3 Å². The van der Waals surface area contributed by atoms with E-state index in [-0.39, 0.29) is 18.0 Å². The fraction of sp³-hybridized carbons (Fsp3) is 0.235. The number of ether oxygens (including phenoxy) is 1. The van der Waals surface area contributed by atoms with Gasteiger partial charge >= 0.3 is 0 Å². The maximum Gasteiger partial charge on any atom is 0.258 e. The Morgan fingerprint density at radius 2 is 2.12 bits per heavy atom. The first kappa shape index (κ1) is 17.1. The Labute approximate surface area is 148 Å². The highest BCUT2D eigenvalue weighted by Gasteiger charge is 2.10. The summed E-state index contributed by atoms with van der Waals surface area (Å²) in [6.45, 7) is 0.608. The number of nitrogens with zero attached hydrogens (tertiary/aromatic N) is 3. The van der Waals surface area contributed by atoms with Crippen molar-refractivity contribution in [3.63, 3.8) is 0 Å². The molecule has 0 unspecified atom stereocenters. The largest absolute Gasteiger partial charge is 0.497 e. The molecular formula is C17H18N4O3S. The number of anilines is 1. The molecule has 0 fully saturated rings. The standard InChI is InChI=1S/C17H18N4O3S/c1-20(10-13-9-16(23)21-7-8-25-17(21)19-13)11-15(22)18-12-3-5-14(24-2)6-4-12/h3-9H,10-11H2,1-2H3,(H,18,22). The quantitative estimate of drug-likeness (QED) is 0.728. The van der Waals surface area contributed by atoms with Gasteiger partial charge in [0, 0.05) is 29.9 Å². The number of hydrogen-bond acceptors (Lipinski definition) is 6. The van der Waals surface area contributed by atoms with E-state index in [1.165, 1.54) is 21.8 Å². The van der Waals surface area contributed by atoms with Crippen molar-refractivity contribution in [2.45, 2.75) is 6.54 Å². The van der Waals surface area contributed by atoms with Crippen molar-refractivity contribution in [2.24, 2.45) is 0 Å². The summed E-state index contributed by atoms with van der Waals surface area (Å²) in [5, 5.41) is 4.65. The minimum Gasteiger partial charge on any atom is -0.497 e. The van der Waals surface area contributed by atoms with Crippen LogP contribution >= 0.6 is 11.3 Å². The highest BCUT2D eigenvalue weighted by atomic mass is 32.1. The molecule has 2 heterocycles. The predicted octanol–water partition coefficient (Wildman–Crippen LogP) is 1.84. The highest BCUT2D eigenvalue weighted by Crippen LogP contribution is 2.15. The van der Waals surface area contributed by atoms with Gasteiger partial charge in [-0.3, -0.25) is 18.9 Å². The Balaban J connectivity index is 1.59. The number of likely N-dealkylation sites (N-methyl/N-ethyl adjacent to an activating group) is 1. The summed E-state index contributed by atoms with van der Waals surface area (Å²) in [6, 6.07) is 8.63. The zero-order valence-electron chi connectivity index (χ0n) is 13.9. The summed E-state index contributed by atoms with van der Waals surface area (Å²) in [6.07, 6.45) is 1.70. The van der Waals surface area contributed by atoms with E-state index in [0.717, 1.165) is 5.75 Å². The summed E-state index contributed by atoms with van der Waals surface area (Å²) in [7, 11) is 3.40. The molecule has 0 radical (unpaired) electrons. The lowest BCUT2D eigenvalue weighted by Gasteiger charge is -2.16. The normalized spacial score (nSPS) is 11.0. The average Bonchev–Trinajstić information content (AvgIpc) is 3.04. The molecule has 1 N–H and O–H groups in total. The van der Waals surface area contributed by atoms with E-state index in [9.17, 15) is 9.59 Å². The minimum absolute atomic E-state index is 0.114. The number of aromatic nitrogens is 2. The van der Waals surface area contributed by atoms with E-state index in [2.05, 4.69) is 10.3 Å². The monoisotopic (exact) mass is 358 g/mol. The smallest absolute Gasteiger partial charge is 0.258 e. The SMILES string of the molecule is COc1ccc(NC(=O)CN(C)Cc2cc(=O)n3ccsc3n2)cc1. The molecule has 0 aliphatic carbocycles. The molecule has 0 spiro atoms. The summed E-state index contributed by atoms with van der Waals surface area (Å²) in [4.78, 5) is 31.0.